The maximum absolute atomic E-state index is 12.6. The molecule has 0 amide bonds. The van der Waals surface area contributed by atoms with Crippen LogP contribution in [-0.2, 0) is 25.6 Å². The molecule has 51 heavy (non-hydrogen) atoms. The van der Waals surface area contributed by atoms with Crippen LogP contribution in [0.3, 0.4) is 0 Å². The second kappa shape index (κ2) is 16.7. The number of aliphatic hydroxyl groups is 1. The zero-order chi connectivity index (χ0) is 37.3. The Balaban J connectivity index is 0.000000189. The molecule has 6 aromatic rings. The summed E-state index contributed by atoms with van der Waals surface area (Å²) >= 11 is 11.1. The van der Waals surface area contributed by atoms with Crippen LogP contribution >= 0.6 is 23.2 Å². The molecule has 0 aliphatic rings. The van der Waals surface area contributed by atoms with Gasteiger partial charge in [0.05, 0.1) is 27.8 Å². The molecule has 268 valence electrons. The summed E-state index contributed by atoms with van der Waals surface area (Å²) in [7, 11) is 0. The van der Waals surface area contributed by atoms with E-state index >= 15 is 0 Å². The molecule has 4 aromatic carbocycles. The Bertz CT molecular complexity index is 2070. The largest absolute Gasteiger partial charge is 0.506 e. The zero-order valence-corrected chi connectivity index (χ0v) is 27.9. The van der Waals surface area contributed by atoms with Gasteiger partial charge in [0.1, 0.15) is 18.1 Å². The summed E-state index contributed by atoms with van der Waals surface area (Å²) in [6, 6.07) is 19.9. The molecule has 0 radical (unpaired) electrons. The number of phenolic OH excluding ortho intramolecular Hbond substituents is 1. The summed E-state index contributed by atoms with van der Waals surface area (Å²) in [4.78, 5) is 8.24. The average Bonchev–Trinajstić information content (AvgIpc) is 3.73. The lowest BCUT2D eigenvalue weighted by Gasteiger charge is -2.11. The smallest absolute Gasteiger partial charge is 0.416 e. The quantitative estimate of drug-likeness (QED) is 0.160. The van der Waals surface area contributed by atoms with E-state index in [1.165, 1.54) is 6.07 Å². The number of benzene rings is 4. The van der Waals surface area contributed by atoms with Crippen molar-refractivity contribution in [3.63, 3.8) is 0 Å². The Labute approximate surface area is 296 Å². The normalized spacial score (nSPS) is 11.3. The minimum atomic E-state index is -4.45. The molecule has 0 saturated heterocycles. The van der Waals surface area contributed by atoms with Gasteiger partial charge in [0, 0.05) is 11.1 Å². The van der Waals surface area contributed by atoms with Crippen molar-refractivity contribution in [1.29, 1.82) is 0 Å². The molecule has 0 aliphatic carbocycles. The summed E-state index contributed by atoms with van der Waals surface area (Å²) in [6.45, 7) is 3.63. The maximum Gasteiger partial charge on any atom is 0.416 e. The molecule has 0 spiro atoms. The highest BCUT2D eigenvalue weighted by Gasteiger charge is 2.31. The van der Waals surface area contributed by atoms with E-state index in [1.54, 1.807) is 26.0 Å². The molecule has 0 unspecified atom stereocenters. The van der Waals surface area contributed by atoms with Gasteiger partial charge in [-0.25, -0.2) is 0 Å². The van der Waals surface area contributed by atoms with Crippen LogP contribution in [0.2, 0.25) is 10.0 Å². The number of halogens is 8. The van der Waals surface area contributed by atoms with Crippen LogP contribution in [0.25, 0.3) is 22.9 Å². The Morgan fingerprint density at radius 3 is 1.61 bits per heavy atom. The second-order valence-electron chi connectivity index (χ2n) is 10.4. The standard InChI is InChI=1S/C17H12ClF3N2O2.C10H10N2O2.C7H4ClF3O/c1-10-22-16(25-23-10)12-4-2-3-11(7-12)9-24-15-6-5-13(8-14(15)18)17(19,20)21;1-7-11-10(14-12-7)9-4-2-3-8(5-9)6-13;8-5-3-4(7(9,10)11)1-2-6(5)12/h2-8H,9H2,1H3;2-5,13H,6H2,1H3;1-3,12H. The molecule has 2 N–H and O–H groups in total. The molecule has 0 bridgehead atoms. The maximum atomic E-state index is 12.6. The number of aryl methyl sites for hydroxylation is 2. The van der Waals surface area contributed by atoms with Gasteiger partial charge in [-0.1, -0.05) is 57.8 Å². The lowest BCUT2D eigenvalue weighted by Crippen LogP contribution is -2.05. The fourth-order valence-electron chi connectivity index (χ4n) is 4.06. The van der Waals surface area contributed by atoms with Crippen LogP contribution in [0, 0.1) is 13.8 Å². The van der Waals surface area contributed by atoms with Gasteiger partial charge < -0.3 is 24.0 Å². The zero-order valence-electron chi connectivity index (χ0n) is 26.4. The van der Waals surface area contributed by atoms with Crippen LogP contribution < -0.4 is 4.74 Å². The SMILES string of the molecule is Cc1noc(-c2cccc(CO)c2)n1.Cc1noc(-c2cccc(COc3ccc(C(F)(F)F)cc3Cl)c2)n1.Oc1ccc(C(F)(F)F)cc1Cl. The fourth-order valence-corrected chi connectivity index (χ4v) is 4.48. The highest BCUT2D eigenvalue weighted by atomic mass is 35.5. The number of nitrogens with zero attached hydrogens (tertiary/aromatic N) is 4. The number of aliphatic hydroxyl groups excluding tert-OH is 1. The molecular weight excluding hydrogens is 729 g/mol. The number of phenols is 1. The third-order valence-corrected chi connectivity index (χ3v) is 7.11. The van der Waals surface area contributed by atoms with E-state index in [1.807, 2.05) is 36.4 Å². The molecule has 9 nitrogen and oxygen atoms in total. The van der Waals surface area contributed by atoms with Crippen molar-refractivity contribution in [2.75, 3.05) is 0 Å². The predicted molar refractivity (Wildman–Crippen MR) is 174 cm³/mol. The van der Waals surface area contributed by atoms with E-state index in [2.05, 4.69) is 20.3 Å². The molecule has 0 saturated carbocycles. The lowest BCUT2D eigenvalue weighted by molar-refractivity contribution is -0.138. The highest BCUT2D eigenvalue weighted by molar-refractivity contribution is 6.32. The minimum Gasteiger partial charge on any atom is -0.506 e. The first kappa shape index (κ1) is 38.7. The van der Waals surface area contributed by atoms with Crippen LogP contribution in [0.4, 0.5) is 26.3 Å². The van der Waals surface area contributed by atoms with E-state index in [9.17, 15) is 26.3 Å². The van der Waals surface area contributed by atoms with Crippen LogP contribution in [0.1, 0.15) is 33.9 Å². The molecule has 17 heteroatoms. The molecule has 2 heterocycles. The molecule has 0 aliphatic heterocycles. The van der Waals surface area contributed by atoms with E-state index in [4.69, 9.17) is 47.2 Å². The van der Waals surface area contributed by atoms with E-state index < -0.39 is 23.5 Å². The molecular formula is C34H26Cl2F6N4O5. The van der Waals surface area contributed by atoms with E-state index in [-0.39, 0.29) is 34.8 Å². The van der Waals surface area contributed by atoms with E-state index in [0.29, 0.717) is 29.5 Å². The average molecular weight is 755 g/mol. The van der Waals surface area contributed by atoms with Gasteiger partial charge in [0.2, 0.25) is 0 Å². The van der Waals surface area contributed by atoms with Gasteiger partial charge in [-0.3, -0.25) is 0 Å². The molecule has 0 fully saturated rings. The monoisotopic (exact) mass is 754 g/mol. The van der Waals surface area contributed by atoms with Crippen molar-refractivity contribution in [3.8, 4) is 34.4 Å². The van der Waals surface area contributed by atoms with Crippen LogP contribution in [-0.4, -0.2) is 30.5 Å². The van der Waals surface area contributed by atoms with Gasteiger partial charge >= 0.3 is 12.4 Å². The summed E-state index contributed by atoms with van der Waals surface area (Å²) in [6.07, 6.45) is -8.87. The fraction of sp³-hybridized carbons (Fsp3) is 0.176. The van der Waals surface area contributed by atoms with Crippen molar-refractivity contribution < 1.29 is 50.3 Å². The van der Waals surface area contributed by atoms with Crippen molar-refractivity contribution in [1.82, 2.24) is 20.3 Å². The van der Waals surface area contributed by atoms with E-state index in [0.717, 1.165) is 46.5 Å². The Kier molecular flexibility index (Phi) is 12.7. The minimum absolute atomic E-state index is 0.0148. The number of alkyl halides is 6. The van der Waals surface area contributed by atoms with Gasteiger partial charge in [-0.05, 0) is 85.6 Å². The first-order valence-corrected chi connectivity index (χ1v) is 15.2. The topological polar surface area (TPSA) is 128 Å². The molecule has 2 aromatic heterocycles. The first-order chi connectivity index (χ1) is 24.0. The lowest BCUT2D eigenvalue weighted by atomic mass is 10.1. The van der Waals surface area contributed by atoms with Gasteiger partial charge in [-0.2, -0.15) is 36.3 Å². The van der Waals surface area contributed by atoms with Crippen molar-refractivity contribution in [2.24, 2.45) is 0 Å². The number of hydrogen-bond acceptors (Lipinski definition) is 9. The summed E-state index contributed by atoms with van der Waals surface area (Å²) in [5.41, 5.74) is 1.48. The summed E-state index contributed by atoms with van der Waals surface area (Å²) < 4.78 is 89.4. The Hall–Kier alpha value is -5.12. The summed E-state index contributed by atoms with van der Waals surface area (Å²) in [5, 5.41) is 24.8. The van der Waals surface area contributed by atoms with Crippen molar-refractivity contribution >= 4 is 23.2 Å². The number of rotatable bonds is 6. The van der Waals surface area contributed by atoms with Crippen LogP contribution in [0.5, 0.6) is 11.5 Å². The predicted octanol–water partition coefficient (Wildman–Crippen LogP) is 9.90. The van der Waals surface area contributed by atoms with Crippen LogP contribution in [0.15, 0.2) is 94.0 Å². The van der Waals surface area contributed by atoms with Gasteiger partial charge in [0.25, 0.3) is 11.8 Å². The van der Waals surface area contributed by atoms with Gasteiger partial charge in [-0.15, -0.1) is 0 Å². The number of aromatic nitrogens is 4. The van der Waals surface area contributed by atoms with Crippen molar-refractivity contribution in [3.05, 3.63) is 129 Å². The number of ether oxygens (including phenoxy) is 1. The third kappa shape index (κ3) is 11.2. The Morgan fingerprint density at radius 1 is 0.667 bits per heavy atom. The van der Waals surface area contributed by atoms with Crippen molar-refractivity contribution in [2.45, 2.75) is 39.4 Å². The summed E-state index contributed by atoms with van der Waals surface area (Å²) in [5.74, 6) is 1.81. The van der Waals surface area contributed by atoms with Gasteiger partial charge in [0.15, 0.2) is 11.6 Å². The number of aromatic hydroxyl groups is 1. The highest BCUT2D eigenvalue weighted by Crippen LogP contribution is 2.36. The Morgan fingerprint density at radius 2 is 1.16 bits per heavy atom. The molecule has 6 rings (SSSR count). The third-order valence-electron chi connectivity index (χ3n) is 6.51. The molecule has 0 atom stereocenters. The second-order valence-corrected chi connectivity index (χ2v) is 11.3. The number of hydrogen-bond donors (Lipinski definition) is 2. The first-order valence-electron chi connectivity index (χ1n) is 14.5.